The second-order valence-corrected chi connectivity index (χ2v) is 11.3. The number of halogens is 1. The van der Waals surface area contributed by atoms with Crippen molar-refractivity contribution < 1.29 is 23.5 Å². The number of pyridine rings is 1. The van der Waals surface area contributed by atoms with E-state index in [1.165, 1.54) is 6.07 Å². The number of benzene rings is 1. The number of nitrogens with zero attached hydrogens (tertiary/aromatic N) is 2. The van der Waals surface area contributed by atoms with Crippen LogP contribution in [0.1, 0.15) is 61.6 Å². The maximum atomic E-state index is 14.4. The number of hydrogen-bond donors (Lipinski definition) is 3. The number of ether oxygens (including phenoxy) is 2. The molecule has 9 nitrogen and oxygen atoms in total. The summed E-state index contributed by atoms with van der Waals surface area (Å²) in [6, 6.07) is 6.49. The quantitative estimate of drug-likeness (QED) is 0.363. The highest BCUT2D eigenvalue weighted by Crippen LogP contribution is 2.41. The zero-order chi connectivity index (χ0) is 28.4. The average Bonchev–Trinajstić information content (AvgIpc) is 3.28. The van der Waals surface area contributed by atoms with Gasteiger partial charge in [0.2, 0.25) is 0 Å². The zero-order valence-corrected chi connectivity index (χ0v) is 23.4. The Morgan fingerprint density at radius 2 is 2.08 bits per heavy atom. The van der Waals surface area contributed by atoms with Gasteiger partial charge in [0.25, 0.3) is 5.91 Å². The van der Waals surface area contributed by atoms with Gasteiger partial charge in [-0.15, -0.1) is 0 Å². The summed E-state index contributed by atoms with van der Waals surface area (Å²) in [6.45, 7) is 8.66. The van der Waals surface area contributed by atoms with Gasteiger partial charge >= 0.3 is 6.09 Å². The van der Waals surface area contributed by atoms with Gasteiger partial charge in [0, 0.05) is 48.2 Å². The van der Waals surface area contributed by atoms with E-state index >= 15 is 0 Å². The van der Waals surface area contributed by atoms with Gasteiger partial charge in [0.1, 0.15) is 23.8 Å². The van der Waals surface area contributed by atoms with E-state index < -0.39 is 5.60 Å². The van der Waals surface area contributed by atoms with Crippen molar-refractivity contribution in [3.8, 4) is 17.0 Å². The first-order valence-electron chi connectivity index (χ1n) is 13.7. The Labute approximate surface area is 233 Å². The van der Waals surface area contributed by atoms with Gasteiger partial charge in [-0.25, -0.2) is 9.18 Å². The molecule has 2 aromatic heterocycles. The first-order valence-corrected chi connectivity index (χ1v) is 13.7. The molecule has 1 fully saturated rings. The Balaban J connectivity index is 1.47. The van der Waals surface area contributed by atoms with Crippen molar-refractivity contribution in [3.05, 3.63) is 59.3 Å². The fourth-order valence-corrected chi connectivity index (χ4v) is 5.21. The molecule has 2 amide bonds. The van der Waals surface area contributed by atoms with Crippen molar-refractivity contribution in [3.63, 3.8) is 0 Å². The number of carbonyl (C=O) groups is 2. The van der Waals surface area contributed by atoms with Crippen molar-refractivity contribution in [2.24, 2.45) is 0 Å². The SMILES string of the molecule is Cc1c(F)cccc1Nc1c(-c2ccncc2OC[C@H]2CCCCN2C(=O)OC(C)(C)C)[nH]c2c1C(=O)NCC2. The fraction of sp³-hybridized carbons (Fsp3) is 0.433. The van der Waals surface area contributed by atoms with Crippen LogP contribution >= 0.6 is 0 Å². The molecule has 0 spiro atoms. The van der Waals surface area contributed by atoms with E-state index in [1.54, 1.807) is 36.4 Å². The summed E-state index contributed by atoms with van der Waals surface area (Å²) in [5, 5.41) is 6.22. The van der Waals surface area contributed by atoms with Crippen LogP contribution in [0.2, 0.25) is 0 Å². The molecule has 1 aromatic carbocycles. The lowest BCUT2D eigenvalue weighted by atomic mass is 10.0. The molecule has 3 N–H and O–H groups in total. The lowest BCUT2D eigenvalue weighted by Crippen LogP contribution is -2.48. The number of amides is 2. The van der Waals surface area contributed by atoms with Crippen LogP contribution in [-0.4, -0.2) is 58.2 Å². The summed E-state index contributed by atoms with van der Waals surface area (Å²) in [4.78, 5) is 35.3. The fourth-order valence-electron chi connectivity index (χ4n) is 5.21. The van der Waals surface area contributed by atoms with Gasteiger partial charge in [0.05, 0.1) is 29.2 Å². The number of hydrogen-bond acceptors (Lipinski definition) is 6. The van der Waals surface area contributed by atoms with Crippen LogP contribution in [0.15, 0.2) is 36.7 Å². The molecule has 0 radical (unpaired) electrons. The van der Waals surface area contributed by atoms with E-state index in [-0.39, 0.29) is 30.5 Å². The molecule has 4 heterocycles. The van der Waals surface area contributed by atoms with Crippen molar-refractivity contribution in [1.29, 1.82) is 0 Å². The number of piperidine rings is 1. The molecule has 0 bridgehead atoms. The first-order chi connectivity index (χ1) is 19.1. The molecule has 10 heteroatoms. The van der Waals surface area contributed by atoms with E-state index in [2.05, 4.69) is 20.6 Å². The van der Waals surface area contributed by atoms with Gasteiger partial charge in [-0.3, -0.25) is 9.78 Å². The molecule has 0 saturated carbocycles. The number of aromatic nitrogens is 2. The number of aromatic amines is 1. The number of nitrogens with one attached hydrogen (secondary N) is 3. The molecule has 1 atom stereocenters. The van der Waals surface area contributed by atoms with Gasteiger partial charge in [-0.05, 0) is 65.2 Å². The second kappa shape index (κ2) is 11.2. The largest absolute Gasteiger partial charge is 0.489 e. The highest BCUT2D eigenvalue weighted by molar-refractivity contribution is 6.06. The van der Waals surface area contributed by atoms with Crippen molar-refractivity contribution in [2.75, 3.05) is 25.0 Å². The molecule has 1 saturated heterocycles. The van der Waals surface area contributed by atoms with Crippen LogP contribution < -0.4 is 15.4 Å². The molecular formula is C30H36FN5O4. The van der Waals surface area contributed by atoms with Crippen molar-refractivity contribution in [1.82, 2.24) is 20.2 Å². The lowest BCUT2D eigenvalue weighted by Gasteiger charge is -2.36. The Morgan fingerprint density at radius 1 is 1.25 bits per heavy atom. The minimum Gasteiger partial charge on any atom is -0.489 e. The normalized spacial score (nSPS) is 17.2. The predicted molar refractivity (Wildman–Crippen MR) is 151 cm³/mol. The Bertz CT molecular complexity index is 1410. The van der Waals surface area contributed by atoms with Crippen LogP contribution in [0.3, 0.4) is 0 Å². The van der Waals surface area contributed by atoms with E-state index in [0.29, 0.717) is 59.0 Å². The predicted octanol–water partition coefficient (Wildman–Crippen LogP) is 5.72. The third-order valence-electron chi connectivity index (χ3n) is 7.23. The van der Waals surface area contributed by atoms with Crippen LogP contribution in [0.5, 0.6) is 5.75 Å². The lowest BCUT2D eigenvalue weighted by molar-refractivity contribution is 0.00362. The van der Waals surface area contributed by atoms with Crippen LogP contribution in [0, 0.1) is 12.7 Å². The van der Waals surface area contributed by atoms with Crippen LogP contribution in [-0.2, 0) is 11.2 Å². The molecule has 0 aliphatic carbocycles. The Hall–Kier alpha value is -4.08. The van der Waals surface area contributed by atoms with Crippen LogP contribution in [0.25, 0.3) is 11.3 Å². The number of rotatable bonds is 6. The van der Waals surface area contributed by atoms with Gasteiger partial charge < -0.3 is 30.0 Å². The Kier molecular flexibility index (Phi) is 7.69. The third kappa shape index (κ3) is 5.76. The topological polar surface area (TPSA) is 109 Å². The number of anilines is 2. The molecule has 40 heavy (non-hydrogen) atoms. The Morgan fingerprint density at radius 3 is 2.88 bits per heavy atom. The molecule has 2 aliphatic rings. The molecule has 5 rings (SSSR count). The molecule has 2 aliphatic heterocycles. The summed E-state index contributed by atoms with van der Waals surface area (Å²) < 4.78 is 26.3. The van der Waals surface area contributed by atoms with Gasteiger partial charge in [-0.1, -0.05) is 6.07 Å². The molecule has 3 aromatic rings. The van der Waals surface area contributed by atoms with Gasteiger partial charge in [-0.2, -0.15) is 0 Å². The standard InChI is InChI=1S/C30H36FN5O4/c1-18-21(31)9-7-10-22(18)34-27-25-23(12-14-33-28(25)37)35-26(27)20-11-13-32-16-24(20)39-17-19-8-5-6-15-36(19)29(38)40-30(2,3)4/h7,9-11,13,16,19,34-35H,5-6,8,12,14-15,17H2,1-4H3,(H,33,37)/t19-/m1/s1. The highest BCUT2D eigenvalue weighted by atomic mass is 19.1. The summed E-state index contributed by atoms with van der Waals surface area (Å²) >= 11 is 0. The van der Waals surface area contributed by atoms with E-state index in [9.17, 15) is 14.0 Å². The molecule has 0 unspecified atom stereocenters. The van der Waals surface area contributed by atoms with E-state index in [4.69, 9.17) is 9.47 Å². The molecular weight excluding hydrogens is 513 g/mol. The van der Waals surface area contributed by atoms with Crippen LogP contribution in [0.4, 0.5) is 20.6 Å². The first kappa shape index (κ1) is 27.5. The smallest absolute Gasteiger partial charge is 0.410 e. The number of H-pyrrole nitrogens is 1. The summed E-state index contributed by atoms with van der Waals surface area (Å²) in [7, 11) is 0. The van der Waals surface area contributed by atoms with Crippen molar-refractivity contribution in [2.45, 2.75) is 65.0 Å². The van der Waals surface area contributed by atoms with E-state index in [0.717, 1.165) is 25.0 Å². The number of fused-ring (bicyclic) bond motifs is 1. The number of carbonyl (C=O) groups excluding carboxylic acids is 2. The van der Waals surface area contributed by atoms with Crippen molar-refractivity contribution >= 4 is 23.4 Å². The zero-order valence-electron chi connectivity index (χ0n) is 23.4. The summed E-state index contributed by atoms with van der Waals surface area (Å²) in [6.07, 6.45) is 6.29. The number of likely N-dealkylation sites (tertiary alicyclic amines) is 1. The average molecular weight is 550 g/mol. The summed E-state index contributed by atoms with van der Waals surface area (Å²) in [5.74, 6) is -0.0300. The highest BCUT2D eigenvalue weighted by Gasteiger charge is 2.32. The third-order valence-corrected chi connectivity index (χ3v) is 7.23. The minimum atomic E-state index is -0.584. The summed E-state index contributed by atoms with van der Waals surface area (Å²) in [5.41, 5.74) is 3.61. The second-order valence-electron chi connectivity index (χ2n) is 11.3. The molecule has 212 valence electrons. The van der Waals surface area contributed by atoms with E-state index in [1.807, 2.05) is 26.8 Å². The van der Waals surface area contributed by atoms with Gasteiger partial charge in [0.15, 0.2) is 0 Å². The maximum absolute atomic E-state index is 14.4. The monoisotopic (exact) mass is 549 g/mol. The maximum Gasteiger partial charge on any atom is 0.410 e. The minimum absolute atomic E-state index is 0.146.